The molecule has 0 aromatic carbocycles. The first-order chi connectivity index (χ1) is 21.8. The topological polar surface area (TPSA) is 46.2 Å². The van der Waals surface area contributed by atoms with Crippen molar-refractivity contribution in [2.45, 2.75) is 91.2 Å². The summed E-state index contributed by atoms with van der Waals surface area (Å²) in [6, 6.07) is 0. The van der Waals surface area contributed by atoms with Gasteiger partial charge in [-0.3, -0.25) is 14.2 Å². The summed E-state index contributed by atoms with van der Waals surface area (Å²) in [5.41, 5.74) is 0. The third-order valence-corrected chi connectivity index (χ3v) is 4.54. The Labute approximate surface area is 257 Å². The van der Waals surface area contributed by atoms with Gasteiger partial charge in [0.25, 0.3) is 0 Å². The van der Waals surface area contributed by atoms with Gasteiger partial charge in [0.2, 0.25) is 0 Å². The fourth-order valence-electron chi connectivity index (χ4n) is 2.14. The first kappa shape index (κ1) is 49.6. The van der Waals surface area contributed by atoms with E-state index in [2.05, 4.69) is 0 Å². The van der Waals surface area contributed by atoms with Gasteiger partial charge in [-0.25, -0.2) is 9.47 Å². The van der Waals surface area contributed by atoms with E-state index in [0.717, 1.165) is 23.7 Å². The average molecular weight is 868 g/mol. The van der Waals surface area contributed by atoms with Crippen LogP contribution in [-0.2, 0) is 23.7 Å². The second kappa shape index (κ2) is 12.8. The minimum atomic E-state index is -9.48. The van der Waals surface area contributed by atoms with E-state index in [4.69, 9.17) is 0 Å². The van der Waals surface area contributed by atoms with Crippen molar-refractivity contribution in [3.63, 3.8) is 0 Å². The Morgan fingerprint density at radius 3 is 0.462 bits per heavy atom. The predicted octanol–water partition coefficient (Wildman–Crippen LogP) is 10.0. The molecule has 0 amide bonds. The van der Waals surface area contributed by atoms with Gasteiger partial charge in [-0.15, -0.1) is 0 Å². The van der Waals surface area contributed by atoms with E-state index in [1.807, 2.05) is 0 Å². The molecule has 314 valence electrons. The lowest BCUT2D eigenvalue weighted by Gasteiger charge is -2.43. The molecule has 37 heteroatoms. The summed E-state index contributed by atoms with van der Waals surface area (Å²) in [7, 11) is 0. The van der Waals surface area contributed by atoms with Crippen molar-refractivity contribution in [2.75, 3.05) is 0 Å². The Morgan fingerprint density at radius 1 is 0.154 bits per heavy atom. The number of hydrogen-bond acceptors (Lipinski definition) is 5. The van der Waals surface area contributed by atoms with Gasteiger partial charge in [0.15, 0.2) is 0 Å². The van der Waals surface area contributed by atoms with Crippen LogP contribution in [0.1, 0.15) is 0 Å². The highest BCUT2D eigenvalue weighted by Gasteiger charge is 2.89. The summed E-state index contributed by atoms with van der Waals surface area (Å²) in [4.78, 5) is 0. The van der Waals surface area contributed by atoms with E-state index < -0.39 is 91.2 Å². The normalized spacial score (nSPS) is 19.6. The van der Waals surface area contributed by atoms with Gasteiger partial charge in [-0.05, 0) is 0 Å². The van der Waals surface area contributed by atoms with Crippen LogP contribution in [0.2, 0.25) is 0 Å². The van der Waals surface area contributed by atoms with Gasteiger partial charge in [0, 0.05) is 0 Å². The van der Waals surface area contributed by atoms with Gasteiger partial charge in [0.1, 0.15) is 0 Å². The lowest BCUT2D eigenvalue weighted by molar-refractivity contribution is -0.607. The first-order valence-corrected chi connectivity index (χ1v) is 10.3. The molecule has 2 unspecified atom stereocenters. The molecule has 5 nitrogen and oxygen atoms in total. The van der Waals surface area contributed by atoms with E-state index in [9.17, 15) is 140 Å². The number of halogens is 32. The molecule has 0 N–H and O–H groups in total. The zero-order valence-electron chi connectivity index (χ0n) is 21.6. The van der Waals surface area contributed by atoms with Crippen LogP contribution in [0.25, 0.3) is 0 Å². The Balaban J connectivity index is 7.89. The summed E-state index contributed by atoms with van der Waals surface area (Å²) in [6.07, 6.45) is -103. The van der Waals surface area contributed by atoms with Crippen molar-refractivity contribution < 1.29 is 164 Å². The van der Waals surface area contributed by atoms with Crippen LogP contribution in [0, 0.1) is 0 Å². The average Bonchev–Trinajstić information content (AvgIpc) is 2.77. The van der Waals surface area contributed by atoms with Crippen LogP contribution < -0.4 is 0 Å². The van der Waals surface area contributed by atoms with Crippen LogP contribution >= 0.6 is 0 Å². The highest BCUT2D eigenvalue weighted by atomic mass is 19.5. The van der Waals surface area contributed by atoms with Crippen LogP contribution in [0.4, 0.5) is 140 Å². The lowest BCUT2D eigenvalue weighted by Crippen LogP contribution is -2.72. The molecular formula is C15F32O5. The van der Waals surface area contributed by atoms with Crippen LogP contribution in [-0.4, -0.2) is 91.2 Å². The molecule has 0 rings (SSSR count). The molecule has 0 aromatic heterocycles. The number of hydrogen-bond donors (Lipinski definition) is 0. The monoisotopic (exact) mass is 868 g/mol. The number of ether oxygens (including phenoxy) is 5. The van der Waals surface area contributed by atoms with Crippen molar-refractivity contribution in [1.29, 1.82) is 0 Å². The standard InChI is InChI=1S/C15F32O5/c16-1(4(19,20)21,48-13(42,43)6(25,26)27)9(34,35)51-11(38,39)3(18,50-15(46,47)8(31,32)33)12(40,41)52-10(36,37)2(17,5(22,23)24)49-14(44,45)7(28,29)30. The third kappa shape index (κ3) is 8.75. The minimum absolute atomic E-state index is 0.769. The first-order valence-electron chi connectivity index (χ1n) is 10.3. The van der Waals surface area contributed by atoms with E-state index in [1.54, 1.807) is 0 Å². The van der Waals surface area contributed by atoms with Crippen molar-refractivity contribution >= 4 is 0 Å². The molecule has 0 spiro atoms. The fourth-order valence-corrected chi connectivity index (χ4v) is 2.14. The van der Waals surface area contributed by atoms with Gasteiger partial charge < -0.3 is 0 Å². The third-order valence-electron chi connectivity index (χ3n) is 4.54. The lowest BCUT2D eigenvalue weighted by atomic mass is 10.2. The molecule has 2 atom stereocenters. The summed E-state index contributed by atoms with van der Waals surface area (Å²) in [6.45, 7) is 0. The van der Waals surface area contributed by atoms with Gasteiger partial charge in [0.05, 0.1) is 0 Å². The highest BCUT2D eigenvalue weighted by molar-refractivity contribution is 4.97. The maximum Gasteiger partial charge on any atom is 0.483 e. The van der Waals surface area contributed by atoms with Gasteiger partial charge in [-0.2, -0.15) is 140 Å². The fraction of sp³-hybridized carbons (Fsp3) is 1.00. The maximum absolute atomic E-state index is 14.7. The molecule has 0 saturated carbocycles. The SMILES string of the molecule is FC(F)(F)C(F)(F)OC(F)(C(F)(F)F)C(F)(F)OC(F)(F)C(F)(OC(F)(F)C(F)(F)F)C(F)(F)OC(F)(F)C(F)(OC(F)(F)C(F)(F)F)C(F)(F)F. The van der Waals surface area contributed by atoms with Crippen LogP contribution in [0.5, 0.6) is 0 Å². The zero-order valence-corrected chi connectivity index (χ0v) is 21.6. The van der Waals surface area contributed by atoms with Crippen molar-refractivity contribution in [1.82, 2.24) is 0 Å². The summed E-state index contributed by atoms with van der Waals surface area (Å²) in [5.74, 6) is -27.2. The largest absolute Gasteiger partial charge is 0.483 e. The summed E-state index contributed by atoms with van der Waals surface area (Å²) >= 11 is 0. The summed E-state index contributed by atoms with van der Waals surface area (Å²) < 4.78 is 423. The minimum Gasteiger partial charge on any atom is -0.260 e. The Bertz CT molecular complexity index is 1160. The van der Waals surface area contributed by atoms with Crippen LogP contribution in [0.3, 0.4) is 0 Å². The Morgan fingerprint density at radius 2 is 0.308 bits per heavy atom. The molecule has 0 aliphatic rings. The summed E-state index contributed by atoms with van der Waals surface area (Å²) in [5, 5.41) is 0. The van der Waals surface area contributed by atoms with Crippen molar-refractivity contribution in [2.24, 2.45) is 0 Å². The molecule has 0 aliphatic heterocycles. The van der Waals surface area contributed by atoms with Gasteiger partial charge in [-0.1, -0.05) is 0 Å². The highest BCUT2D eigenvalue weighted by Crippen LogP contribution is 2.60. The van der Waals surface area contributed by atoms with E-state index in [0.29, 0.717) is 0 Å². The molecular weight excluding hydrogens is 868 g/mol. The molecule has 0 fully saturated rings. The molecule has 52 heavy (non-hydrogen) atoms. The van der Waals surface area contributed by atoms with E-state index in [1.165, 1.54) is 0 Å². The van der Waals surface area contributed by atoms with Gasteiger partial charge >= 0.3 is 91.2 Å². The van der Waals surface area contributed by atoms with Crippen LogP contribution in [0.15, 0.2) is 0 Å². The number of rotatable bonds is 14. The van der Waals surface area contributed by atoms with E-state index in [-0.39, 0.29) is 0 Å². The smallest absolute Gasteiger partial charge is 0.260 e. The Kier molecular flexibility index (Phi) is 12.2. The zero-order chi connectivity index (χ0) is 43.0. The molecule has 0 aliphatic carbocycles. The quantitative estimate of drug-likeness (QED) is 0.163. The molecule has 0 bridgehead atoms. The van der Waals surface area contributed by atoms with Crippen molar-refractivity contribution in [3.8, 4) is 0 Å². The molecule has 0 saturated heterocycles. The second-order valence-electron chi connectivity index (χ2n) is 8.40. The number of alkyl halides is 32. The predicted molar refractivity (Wildman–Crippen MR) is 81.8 cm³/mol. The second-order valence-corrected chi connectivity index (χ2v) is 8.40. The molecule has 0 aromatic rings. The Hall–Kier alpha value is -2.44. The van der Waals surface area contributed by atoms with Crippen molar-refractivity contribution in [3.05, 3.63) is 0 Å². The van der Waals surface area contributed by atoms with E-state index >= 15 is 0 Å². The maximum atomic E-state index is 14.7. The molecule has 0 radical (unpaired) electrons. The molecule has 0 heterocycles.